The zero-order valence-electron chi connectivity index (χ0n) is 16.1. The first-order valence-electron chi connectivity index (χ1n) is 9.56. The number of aromatic carboxylic acids is 1. The van der Waals surface area contributed by atoms with Gasteiger partial charge in [0, 0.05) is 10.4 Å². The third-order valence-corrected chi connectivity index (χ3v) is 5.96. The predicted octanol–water partition coefficient (Wildman–Crippen LogP) is 5.38. The lowest BCUT2D eigenvalue weighted by Gasteiger charge is -2.14. The lowest BCUT2D eigenvalue weighted by Crippen LogP contribution is -2.18. The van der Waals surface area contributed by atoms with Gasteiger partial charge in [-0.25, -0.2) is 14.6 Å². The van der Waals surface area contributed by atoms with Crippen molar-refractivity contribution in [1.29, 1.82) is 0 Å². The molecule has 3 N–H and O–H groups in total. The Bertz CT molecular complexity index is 1300. The van der Waals surface area contributed by atoms with Gasteiger partial charge in [-0.15, -0.1) is 0 Å². The molecule has 0 atom stereocenters. The molecule has 7 nitrogen and oxygen atoms in total. The maximum Gasteiger partial charge on any atom is 0.414 e. The van der Waals surface area contributed by atoms with Gasteiger partial charge < -0.3 is 14.8 Å². The number of benzene rings is 3. The summed E-state index contributed by atoms with van der Waals surface area (Å²) in [5.41, 5.74) is 5.68. The van der Waals surface area contributed by atoms with Crippen molar-refractivity contribution in [3.63, 3.8) is 0 Å². The molecule has 0 fully saturated rings. The fraction of sp³-hybridized carbons (Fsp3) is 0.0870. The largest absolute Gasteiger partial charge is 0.478 e. The number of carboxylic acids is 1. The maximum absolute atomic E-state index is 12.4. The second kappa shape index (κ2) is 7.55. The number of carbonyl (C=O) groups excluding carboxylic acids is 1. The molecule has 31 heavy (non-hydrogen) atoms. The smallest absolute Gasteiger partial charge is 0.414 e. The fourth-order valence-electron chi connectivity index (χ4n) is 3.99. The number of anilines is 1. The third kappa shape index (κ3) is 3.44. The standard InChI is InChI=1S/C23H16BrN3O4/c24-18-9-12(21(28)29)10-19-20(18)26-22(25-19)27-23(30)31-11-17-15-7-3-1-5-13(15)14-6-2-4-8-16(14)17/h1-10,17H,11H2,(H,28,29)(H2,25,26,27,30). The molecule has 3 aromatic carbocycles. The molecule has 4 aromatic rings. The molecule has 1 aromatic heterocycles. The average Bonchev–Trinajstić information content (AvgIpc) is 3.31. The molecule has 8 heteroatoms. The van der Waals surface area contributed by atoms with Crippen LogP contribution in [-0.2, 0) is 4.74 Å². The molecule has 0 spiro atoms. The molecular weight excluding hydrogens is 462 g/mol. The Balaban J connectivity index is 1.33. The molecule has 1 aliphatic rings. The lowest BCUT2D eigenvalue weighted by atomic mass is 9.98. The van der Waals surface area contributed by atoms with Crippen molar-refractivity contribution in [3.05, 3.63) is 81.8 Å². The van der Waals surface area contributed by atoms with Crippen molar-refractivity contribution < 1.29 is 19.4 Å². The van der Waals surface area contributed by atoms with E-state index >= 15 is 0 Å². The Morgan fingerprint density at radius 2 is 1.71 bits per heavy atom. The number of amides is 1. The SMILES string of the molecule is O=C(Nc1nc2c(Br)cc(C(=O)O)cc2[nH]1)OCC1c2ccccc2-c2ccccc21. The van der Waals surface area contributed by atoms with E-state index in [4.69, 9.17) is 4.74 Å². The van der Waals surface area contributed by atoms with Gasteiger partial charge in [-0.3, -0.25) is 5.32 Å². The molecule has 154 valence electrons. The van der Waals surface area contributed by atoms with Crippen molar-refractivity contribution in [2.24, 2.45) is 0 Å². The minimum absolute atomic E-state index is 0.0407. The summed E-state index contributed by atoms with van der Waals surface area (Å²) in [5, 5.41) is 11.8. The van der Waals surface area contributed by atoms with Crippen LogP contribution in [-0.4, -0.2) is 33.7 Å². The van der Waals surface area contributed by atoms with E-state index in [2.05, 4.69) is 55.5 Å². The normalized spacial score (nSPS) is 12.4. The van der Waals surface area contributed by atoms with Gasteiger partial charge in [0.05, 0.1) is 11.1 Å². The summed E-state index contributed by atoms with van der Waals surface area (Å²) in [4.78, 5) is 30.9. The number of nitrogens with one attached hydrogen (secondary N) is 2. The van der Waals surface area contributed by atoms with Crippen LogP contribution in [0.3, 0.4) is 0 Å². The molecule has 0 aliphatic heterocycles. The predicted molar refractivity (Wildman–Crippen MR) is 119 cm³/mol. The summed E-state index contributed by atoms with van der Waals surface area (Å²) in [6.45, 7) is 0.187. The maximum atomic E-state index is 12.4. The van der Waals surface area contributed by atoms with Gasteiger partial charge >= 0.3 is 12.1 Å². The van der Waals surface area contributed by atoms with Crippen molar-refractivity contribution in [3.8, 4) is 11.1 Å². The number of halogens is 1. The van der Waals surface area contributed by atoms with Gasteiger partial charge in [0.15, 0.2) is 0 Å². The zero-order valence-corrected chi connectivity index (χ0v) is 17.6. The zero-order chi connectivity index (χ0) is 21.5. The molecule has 0 saturated carbocycles. The van der Waals surface area contributed by atoms with E-state index in [1.807, 2.05) is 24.3 Å². The summed E-state index contributed by atoms with van der Waals surface area (Å²) in [6.07, 6.45) is -0.643. The number of carbonyl (C=O) groups is 2. The highest BCUT2D eigenvalue weighted by atomic mass is 79.9. The van der Waals surface area contributed by atoms with Crippen LogP contribution in [0.5, 0.6) is 0 Å². The van der Waals surface area contributed by atoms with E-state index in [1.54, 1.807) is 0 Å². The molecule has 0 unspecified atom stereocenters. The van der Waals surface area contributed by atoms with Crippen molar-refractivity contribution in [1.82, 2.24) is 9.97 Å². The van der Waals surface area contributed by atoms with E-state index in [1.165, 1.54) is 12.1 Å². The second-order valence-corrected chi connectivity index (χ2v) is 8.05. The van der Waals surface area contributed by atoms with Crippen LogP contribution >= 0.6 is 15.9 Å². The molecule has 5 rings (SSSR count). The Morgan fingerprint density at radius 3 is 2.35 bits per heavy atom. The van der Waals surface area contributed by atoms with Crippen LogP contribution in [0.15, 0.2) is 65.1 Å². The van der Waals surface area contributed by atoms with E-state index < -0.39 is 12.1 Å². The summed E-state index contributed by atoms with van der Waals surface area (Å²) < 4.78 is 6.03. The summed E-state index contributed by atoms with van der Waals surface area (Å²) >= 11 is 3.31. The van der Waals surface area contributed by atoms with Crippen molar-refractivity contribution in [2.75, 3.05) is 11.9 Å². The first-order chi connectivity index (χ1) is 15.0. The molecule has 1 amide bonds. The van der Waals surface area contributed by atoms with Crippen LogP contribution in [0, 0.1) is 0 Å². The minimum atomic E-state index is -1.05. The van der Waals surface area contributed by atoms with Crippen LogP contribution in [0.25, 0.3) is 22.2 Å². The van der Waals surface area contributed by atoms with Crippen LogP contribution < -0.4 is 5.32 Å². The van der Waals surface area contributed by atoms with Gasteiger partial charge in [-0.1, -0.05) is 48.5 Å². The molecule has 0 radical (unpaired) electrons. The van der Waals surface area contributed by atoms with E-state index in [-0.39, 0.29) is 24.0 Å². The monoisotopic (exact) mass is 477 g/mol. The quantitative estimate of drug-likeness (QED) is 0.365. The number of carboxylic acid groups (broad SMARTS) is 1. The number of nitrogens with zero attached hydrogens (tertiary/aromatic N) is 1. The topological polar surface area (TPSA) is 104 Å². The van der Waals surface area contributed by atoms with Crippen molar-refractivity contribution in [2.45, 2.75) is 5.92 Å². The molecule has 0 bridgehead atoms. The molecule has 1 heterocycles. The highest BCUT2D eigenvalue weighted by Gasteiger charge is 2.29. The van der Waals surface area contributed by atoms with Gasteiger partial charge in [-0.2, -0.15) is 0 Å². The first-order valence-corrected chi connectivity index (χ1v) is 10.3. The molecular formula is C23H16BrN3O4. The fourth-order valence-corrected chi connectivity index (χ4v) is 4.54. The van der Waals surface area contributed by atoms with Crippen LogP contribution in [0.2, 0.25) is 0 Å². The van der Waals surface area contributed by atoms with Gasteiger partial charge in [0.25, 0.3) is 0 Å². The summed E-state index contributed by atoms with van der Waals surface area (Å²) in [5.74, 6) is -0.917. The Labute approximate surface area is 185 Å². The molecule has 0 saturated heterocycles. The number of H-pyrrole nitrogens is 1. The minimum Gasteiger partial charge on any atom is -0.478 e. The highest BCUT2D eigenvalue weighted by Crippen LogP contribution is 2.44. The Hall–Kier alpha value is -3.65. The van der Waals surface area contributed by atoms with Crippen LogP contribution in [0.4, 0.5) is 10.7 Å². The number of aromatic amines is 1. The van der Waals surface area contributed by atoms with Crippen molar-refractivity contribution >= 4 is 45.0 Å². The average molecular weight is 478 g/mol. The van der Waals surface area contributed by atoms with Gasteiger partial charge in [0.1, 0.15) is 12.1 Å². The second-order valence-electron chi connectivity index (χ2n) is 7.20. The van der Waals surface area contributed by atoms with E-state index in [9.17, 15) is 14.7 Å². The number of hydrogen-bond acceptors (Lipinski definition) is 4. The first kappa shape index (κ1) is 19.3. The lowest BCUT2D eigenvalue weighted by molar-refractivity contribution is 0.0697. The Kier molecular flexibility index (Phi) is 4.71. The van der Waals surface area contributed by atoms with Crippen LogP contribution in [0.1, 0.15) is 27.4 Å². The number of imidazole rings is 1. The Morgan fingerprint density at radius 1 is 1.06 bits per heavy atom. The van der Waals surface area contributed by atoms with Gasteiger partial charge in [0.2, 0.25) is 5.95 Å². The summed E-state index contributed by atoms with van der Waals surface area (Å²) in [7, 11) is 0. The van der Waals surface area contributed by atoms with E-state index in [0.29, 0.717) is 15.5 Å². The third-order valence-electron chi connectivity index (χ3n) is 5.35. The van der Waals surface area contributed by atoms with Gasteiger partial charge in [-0.05, 0) is 50.3 Å². The van der Waals surface area contributed by atoms with E-state index in [0.717, 1.165) is 22.3 Å². The number of hydrogen-bond donors (Lipinski definition) is 3. The summed E-state index contributed by atoms with van der Waals surface area (Å²) in [6, 6.07) is 19.1. The number of fused-ring (bicyclic) bond motifs is 4. The number of ether oxygens (including phenoxy) is 1. The highest BCUT2D eigenvalue weighted by molar-refractivity contribution is 9.10. The number of aromatic nitrogens is 2. The number of rotatable bonds is 4. The molecule has 1 aliphatic carbocycles.